The summed E-state index contributed by atoms with van der Waals surface area (Å²) < 4.78 is 0. The maximum atomic E-state index is 11.6. The van der Waals surface area contributed by atoms with Gasteiger partial charge in [0.15, 0.2) is 5.96 Å². The minimum atomic E-state index is 0.0905. The molecule has 0 saturated heterocycles. The number of unbranched alkanes of at least 4 members (excludes halogenated alkanes) is 1. The monoisotopic (exact) mass is 242 g/mol. The number of rotatable bonds is 8. The summed E-state index contributed by atoms with van der Waals surface area (Å²) in [6, 6.07) is 0. The van der Waals surface area contributed by atoms with Gasteiger partial charge >= 0.3 is 0 Å². The van der Waals surface area contributed by atoms with Crippen LogP contribution in [0.4, 0.5) is 0 Å². The van der Waals surface area contributed by atoms with Gasteiger partial charge < -0.3 is 16.8 Å². The number of carbonyl (C=O) groups excluding carboxylic acids is 1. The number of guanidine groups is 1. The number of amides is 1. The normalized spacial score (nSPS) is 12.2. The third-order valence-electron chi connectivity index (χ3n) is 2.45. The fourth-order valence-electron chi connectivity index (χ4n) is 1.64. The Morgan fingerprint density at radius 1 is 1.24 bits per heavy atom. The van der Waals surface area contributed by atoms with E-state index < -0.39 is 0 Å². The minimum absolute atomic E-state index is 0.0905. The summed E-state index contributed by atoms with van der Waals surface area (Å²) in [4.78, 5) is 15.5. The quantitative estimate of drug-likeness (QED) is 0.334. The van der Waals surface area contributed by atoms with Gasteiger partial charge in [0, 0.05) is 19.0 Å². The molecule has 0 fully saturated rings. The second-order valence-corrected chi connectivity index (χ2v) is 4.84. The van der Waals surface area contributed by atoms with Crippen LogP contribution >= 0.6 is 0 Å². The first-order chi connectivity index (χ1) is 7.93. The molecule has 5 nitrogen and oxygen atoms in total. The molecule has 0 aliphatic heterocycles. The average Bonchev–Trinajstić information content (AvgIpc) is 2.21. The summed E-state index contributed by atoms with van der Waals surface area (Å²) in [6.07, 6.45) is 2.72. The molecule has 1 atom stereocenters. The molecule has 1 amide bonds. The summed E-state index contributed by atoms with van der Waals surface area (Å²) >= 11 is 0. The van der Waals surface area contributed by atoms with Crippen LogP contribution in [0.3, 0.4) is 0 Å². The Kier molecular flexibility index (Phi) is 8.19. The standard InChI is InChI=1S/C12H26N4O/c1-9(2)8-10(3)11(17)15-6-4-5-7-16-12(13)14/h9-10H,4-8H2,1-3H3,(H,15,17)(H4,13,14,16)/t10-/m0/s1. The van der Waals surface area contributed by atoms with Gasteiger partial charge in [-0.15, -0.1) is 0 Å². The molecular formula is C12H26N4O. The first kappa shape index (κ1) is 15.7. The highest BCUT2D eigenvalue weighted by atomic mass is 16.1. The van der Waals surface area contributed by atoms with E-state index in [0.717, 1.165) is 19.3 Å². The molecule has 0 rings (SSSR count). The number of hydrogen-bond acceptors (Lipinski definition) is 2. The Hall–Kier alpha value is -1.26. The van der Waals surface area contributed by atoms with Crippen molar-refractivity contribution in [1.82, 2.24) is 5.32 Å². The van der Waals surface area contributed by atoms with Crippen LogP contribution in [0.5, 0.6) is 0 Å². The van der Waals surface area contributed by atoms with Crippen LogP contribution in [0.25, 0.3) is 0 Å². The highest BCUT2D eigenvalue weighted by molar-refractivity contribution is 5.78. The molecule has 0 aliphatic carbocycles. The Morgan fingerprint density at radius 2 is 1.88 bits per heavy atom. The molecule has 17 heavy (non-hydrogen) atoms. The number of hydrogen-bond donors (Lipinski definition) is 3. The Bertz CT molecular complexity index is 247. The van der Waals surface area contributed by atoms with Gasteiger partial charge in [0.1, 0.15) is 0 Å². The molecule has 100 valence electrons. The average molecular weight is 242 g/mol. The molecule has 0 radical (unpaired) electrons. The molecule has 5 N–H and O–H groups in total. The zero-order valence-electron chi connectivity index (χ0n) is 11.2. The molecule has 0 heterocycles. The van der Waals surface area contributed by atoms with Gasteiger partial charge in [-0.3, -0.25) is 9.79 Å². The molecule has 0 aliphatic rings. The first-order valence-corrected chi connectivity index (χ1v) is 6.26. The molecule has 0 aromatic carbocycles. The fraction of sp³-hybridized carbons (Fsp3) is 0.833. The van der Waals surface area contributed by atoms with Gasteiger partial charge in [0.05, 0.1) is 0 Å². The van der Waals surface area contributed by atoms with E-state index in [0.29, 0.717) is 19.0 Å². The van der Waals surface area contributed by atoms with Crippen molar-refractivity contribution in [2.45, 2.75) is 40.0 Å². The van der Waals surface area contributed by atoms with Crippen LogP contribution in [0.15, 0.2) is 4.99 Å². The second-order valence-electron chi connectivity index (χ2n) is 4.84. The molecular weight excluding hydrogens is 216 g/mol. The largest absolute Gasteiger partial charge is 0.370 e. The summed E-state index contributed by atoms with van der Waals surface area (Å²) in [5.41, 5.74) is 10.4. The predicted octanol–water partition coefficient (Wildman–Crippen LogP) is 0.838. The van der Waals surface area contributed by atoms with Crippen molar-refractivity contribution in [3.63, 3.8) is 0 Å². The molecule has 0 spiro atoms. The van der Waals surface area contributed by atoms with Crippen molar-refractivity contribution in [3.05, 3.63) is 0 Å². The van der Waals surface area contributed by atoms with Gasteiger partial charge in [-0.25, -0.2) is 0 Å². The van der Waals surface area contributed by atoms with Gasteiger partial charge in [-0.2, -0.15) is 0 Å². The lowest BCUT2D eigenvalue weighted by Crippen LogP contribution is -2.30. The van der Waals surface area contributed by atoms with E-state index in [-0.39, 0.29) is 17.8 Å². The topological polar surface area (TPSA) is 93.5 Å². The number of nitrogens with one attached hydrogen (secondary N) is 1. The zero-order valence-corrected chi connectivity index (χ0v) is 11.2. The van der Waals surface area contributed by atoms with Crippen LogP contribution in [-0.2, 0) is 4.79 Å². The number of nitrogens with two attached hydrogens (primary N) is 2. The Balaban J connectivity index is 3.54. The van der Waals surface area contributed by atoms with Gasteiger partial charge in [0.25, 0.3) is 0 Å². The van der Waals surface area contributed by atoms with Crippen LogP contribution in [0, 0.1) is 11.8 Å². The molecule has 0 aromatic rings. The van der Waals surface area contributed by atoms with Crippen LogP contribution in [0.1, 0.15) is 40.0 Å². The molecule has 5 heteroatoms. The van der Waals surface area contributed by atoms with E-state index in [9.17, 15) is 4.79 Å². The van der Waals surface area contributed by atoms with Crippen molar-refractivity contribution in [2.75, 3.05) is 13.1 Å². The van der Waals surface area contributed by atoms with Crippen LogP contribution < -0.4 is 16.8 Å². The van der Waals surface area contributed by atoms with E-state index in [2.05, 4.69) is 24.2 Å². The predicted molar refractivity (Wildman–Crippen MR) is 71.5 cm³/mol. The molecule has 0 aromatic heterocycles. The zero-order chi connectivity index (χ0) is 13.3. The van der Waals surface area contributed by atoms with E-state index in [4.69, 9.17) is 11.5 Å². The van der Waals surface area contributed by atoms with E-state index >= 15 is 0 Å². The Morgan fingerprint density at radius 3 is 2.41 bits per heavy atom. The molecule has 0 saturated carbocycles. The third-order valence-corrected chi connectivity index (χ3v) is 2.45. The minimum Gasteiger partial charge on any atom is -0.370 e. The van der Waals surface area contributed by atoms with E-state index in [1.165, 1.54) is 0 Å². The maximum Gasteiger partial charge on any atom is 0.222 e. The van der Waals surface area contributed by atoms with Gasteiger partial charge in [-0.1, -0.05) is 20.8 Å². The highest BCUT2D eigenvalue weighted by Gasteiger charge is 2.13. The smallest absolute Gasteiger partial charge is 0.222 e. The molecule has 0 bridgehead atoms. The van der Waals surface area contributed by atoms with Gasteiger partial charge in [0.2, 0.25) is 5.91 Å². The van der Waals surface area contributed by atoms with Crippen molar-refractivity contribution in [2.24, 2.45) is 28.3 Å². The van der Waals surface area contributed by atoms with Crippen LogP contribution in [0.2, 0.25) is 0 Å². The van der Waals surface area contributed by atoms with Crippen molar-refractivity contribution in [3.8, 4) is 0 Å². The third kappa shape index (κ3) is 9.66. The van der Waals surface area contributed by atoms with Crippen LogP contribution in [-0.4, -0.2) is 25.0 Å². The lowest BCUT2D eigenvalue weighted by Gasteiger charge is -2.13. The van der Waals surface area contributed by atoms with Gasteiger partial charge in [-0.05, 0) is 25.2 Å². The lowest BCUT2D eigenvalue weighted by molar-refractivity contribution is -0.124. The summed E-state index contributed by atoms with van der Waals surface area (Å²) in [5.74, 6) is 0.908. The number of nitrogens with zero attached hydrogens (tertiary/aromatic N) is 1. The molecule has 0 unspecified atom stereocenters. The number of carbonyl (C=O) groups is 1. The fourth-order valence-corrected chi connectivity index (χ4v) is 1.64. The first-order valence-electron chi connectivity index (χ1n) is 6.26. The highest BCUT2D eigenvalue weighted by Crippen LogP contribution is 2.10. The number of aliphatic imine (C=N–C) groups is 1. The van der Waals surface area contributed by atoms with E-state index in [1.807, 2.05) is 6.92 Å². The van der Waals surface area contributed by atoms with E-state index in [1.54, 1.807) is 0 Å². The lowest BCUT2D eigenvalue weighted by atomic mass is 9.98. The summed E-state index contributed by atoms with van der Waals surface area (Å²) in [5, 5.41) is 2.93. The summed E-state index contributed by atoms with van der Waals surface area (Å²) in [7, 11) is 0. The summed E-state index contributed by atoms with van der Waals surface area (Å²) in [6.45, 7) is 7.54. The second kappa shape index (κ2) is 8.84. The van der Waals surface area contributed by atoms with Crippen molar-refractivity contribution < 1.29 is 4.79 Å². The van der Waals surface area contributed by atoms with Crippen molar-refractivity contribution >= 4 is 11.9 Å². The Labute approximate surface area is 104 Å². The maximum absolute atomic E-state index is 11.6. The van der Waals surface area contributed by atoms with Crippen molar-refractivity contribution in [1.29, 1.82) is 0 Å². The SMILES string of the molecule is CC(C)C[C@H](C)C(=O)NCCCCN=C(N)N.